The third kappa shape index (κ3) is 6.19. The highest BCUT2D eigenvalue weighted by Crippen LogP contribution is 2.45. The van der Waals surface area contributed by atoms with Crippen molar-refractivity contribution in [2.24, 2.45) is 23.5 Å². The number of hydrogen-bond acceptors (Lipinski definition) is 1. The molecule has 3 aliphatic carbocycles. The molecule has 0 radical (unpaired) electrons. The minimum absolute atomic E-state index is 0.446. The van der Waals surface area contributed by atoms with Crippen molar-refractivity contribution >= 4 is 0 Å². The summed E-state index contributed by atoms with van der Waals surface area (Å²) in [5, 5.41) is 0. The number of aryl methyl sites for hydroxylation is 1. The van der Waals surface area contributed by atoms with Crippen molar-refractivity contribution in [3.63, 3.8) is 0 Å². The second kappa shape index (κ2) is 12.0. The normalized spacial score (nSPS) is 33.8. The molecule has 1 aromatic rings. The molecule has 180 valence electrons. The first-order valence-corrected chi connectivity index (χ1v) is 14.6. The molecular formula is C31H51N. The van der Waals surface area contributed by atoms with Gasteiger partial charge in [0, 0.05) is 6.04 Å². The summed E-state index contributed by atoms with van der Waals surface area (Å²) in [6, 6.07) is 8.08. The van der Waals surface area contributed by atoms with Gasteiger partial charge in [0.1, 0.15) is 0 Å². The monoisotopic (exact) mass is 437 g/mol. The zero-order chi connectivity index (χ0) is 22.3. The maximum atomic E-state index is 6.16. The van der Waals surface area contributed by atoms with Crippen LogP contribution in [0.1, 0.15) is 145 Å². The van der Waals surface area contributed by atoms with Gasteiger partial charge in [0.2, 0.25) is 0 Å². The van der Waals surface area contributed by atoms with Crippen LogP contribution in [0, 0.1) is 17.8 Å². The molecule has 0 aliphatic heterocycles. The highest BCUT2D eigenvalue weighted by molar-refractivity contribution is 5.36. The van der Waals surface area contributed by atoms with E-state index in [1.54, 1.807) is 16.7 Å². The number of benzene rings is 1. The van der Waals surface area contributed by atoms with Crippen LogP contribution in [-0.4, -0.2) is 6.04 Å². The Kier molecular flexibility index (Phi) is 9.15. The third-order valence-corrected chi connectivity index (χ3v) is 9.78. The van der Waals surface area contributed by atoms with Gasteiger partial charge in [-0.3, -0.25) is 0 Å². The second-order valence-corrected chi connectivity index (χ2v) is 11.8. The SMILES string of the molecule is CCCCCC1CCC(C2CCC(c3ccc(C4CCC(N)CC4)c(CC)c3)CC2)CC1. The van der Waals surface area contributed by atoms with Crippen LogP contribution in [0.4, 0.5) is 0 Å². The van der Waals surface area contributed by atoms with E-state index in [-0.39, 0.29) is 0 Å². The molecule has 0 spiro atoms. The standard InChI is InChI=1S/C31H51N/c1-3-5-6-7-23-8-10-25(11-9-23)26-12-14-27(15-13-26)29-18-21-31(24(4-2)22-29)28-16-19-30(32)20-17-28/h18,21-23,25-28,30H,3-17,19-20,32H2,1-2H3. The number of rotatable bonds is 8. The summed E-state index contributed by atoms with van der Waals surface area (Å²) >= 11 is 0. The lowest BCUT2D eigenvalue weighted by atomic mass is 9.67. The van der Waals surface area contributed by atoms with E-state index in [9.17, 15) is 0 Å². The smallest absolute Gasteiger partial charge is 0.00392 e. The molecule has 0 aromatic heterocycles. The Labute approximate surface area is 199 Å². The van der Waals surface area contributed by atoms with E-state index >= 15 is 0 Å². The van der Waals surface area contributed by atoms with E-state index in [2.05, 4.69) is 32.0 Å². The minimum Gasteiger partial charge on any atom is -0.328 e. The lowest BCUT2D eigenvalue weighted by Gasteiger charge is -2.38. The maximum absolute atomic E-state index is 6.16. The molecular weight excluding hydrogens is 386 g/mol. The molecule has 3 fully saturated rings. The van der Waals surface area contributed by atoms with Gasteiger partial charge in [0.15, 0.2) is 0 Å². The predicted octanol–water partition coefficient (Wildman–Crippen LogP) is 8.89. The summed E-state index contributed by atoms with van der Waals surface area (Å²) in [5.41, 5.74) is 11.1. The summed E-state index contributed by atoms with van der Waals surface area (Å²) in [6.07, 6.45) is 23.9. The predicted molar refractivity (Wildman–Crippen MR) is 139 cm³/mol. The summed E-state index contributed by atoms with van der Waals surface area (Å²) in [7, 11) is 0. The molecule has 0 unspecified atom stereocenters. The van der Waals surface area contributed by atoms with Crippen molar-refractivity contribution < 1.29 is 0 Å². The zero-order valence-electron chi connectivity index (χ0n) is 21.3. The van der Waals surface area contributed by atoms with Crippen LogP contribution < -0.4 is 5.73 Å². The minimum atomic E-state index is 0.446. The Hall–Kier alpha value is -0.820. The Morgan fingerprint density at radius 1 is 0.719 bits per heavy atom. The topological polar surface area (TPSA) is 26.0 Å². The fourth-order valence-corrected chi connectivity index (χ4v) is 7.57. The van der Waals surface area contributed by atoms with Crippen LogP contribution in [0.25, 0.3) is 0 Å². The molecule has 0 heterocycles. The van der Waals surface area contributed by atoms with Crippen LogP contribution in [0.5, 0.6) is 0 Å². The Morgan fingerprint density at radius 3 is 1.97 bits per heavy atom. The van der Waals surface area contributed by atoms with Gasteiger partial charge in [-0.2, -0.15) is 0 Å². The zero-order valence-corrected chi connectivity index (χ0v) is 21.3. The molecule has 0 saturated heterocycles. The van der Waals surface area contributed by atoms with E-state index in [1.807, 2.05) is 0 Å². The van der Waals surface area contributed by atoms with E-state index < -0.39 is 0 Å². The number of hydrogen-bond donors (Lipinski definition) is 1. The second-order valence-electron chi connectivity index (χ2n) is 11.8. The van der Waals surface area contributed by atoms with Gasteiger partial charge >= 0.3 is 0 Å². The number of unbranched alkanes of at least 4 members (excludes halogenated alkanes) is 2. The van der Waals surface area contributed by atoms with Gasteiger partial charge in [0.05, 0.1) is 0 Å². The average Bonchev–Trinajstić information content (AvgIpc) is 2.85. The Morgan fingerprint density at radius 2 is 1.34 bits per heavy atom. The molecule has 1 aromatic carbocycles. The van der Waals surface area contributed by atoms with E-state index in [0.29, 0.717) is 6.04 Å². The molecule has 32 heavy (non-hydrogen) atoms. The van der Waals surface area contributed by atoms with Crippen LogP contribution in [0.15, 0.2) is 18.2 Å². The molecule has 1 heteroatoms. The molecule has 3 aliphatic rings. The Balaban J connectivity index is 1.27. The van der Waals surface area contributed by atoms with Gasteiger partial charge < -0.3 is 5.73 Å². The molecule has 4 rings (SSSR count). The van der Waals surface area contributed by atoms with Crippen molar-refractivity contribution in [1.29, 1.82) is 0 Å². The quantitative estimate of drug-likeness (QED) is 0.404. The van der Waals surface area contributed by atoms with Crippen LogP contribution >= 0.6 is 0 Å². The van der Waals surface area contributed by atoms with Crippen molar-refractivity contribution in [3.8, 4) is 0 Å². The van der Waals surface area contributed by atoms with Gasteiger partial charge in [-0.05, 0) is 117 Å². The van der Waals surface area contributed by atoms with Gasteiger partial charge in [-0.15, -0.1) is 0 Å². The largest absolute Gasteiger partial charge is 0.328 e. The highest BCUT2D eigenvalue weighted by Gasteiger charge is 2.31. The third-order valence-electron chi connectivity index (χ3n) is 9.78. The fraction of sp³-hybridized carbons (Fsp3) is 0.806. The molecule has 0 atom stereocenters. The van der Waals surface area contributed by atoms with Crippen molar-refractivity contribution in [1.82, 2.24) is 0 Å². The highest BCUT2D eigenvalue weighted by atomic mass is 14.6. The van der Waals surface area contributed by atoms with Gasteiger partial charge in [0.25, 0.3) is 0 Å². The van der Waals surface area contributed by atoms with Crippen molar-refractivity contribution in [2.45, 2.75) is 141 Å². The molecule has 0 amide bonds. The van der Waals surface area contributed by atoms with Crippen molar-refractivity contribution in [3.05, 3.63) is 34.9 Å². The van der Waals surface area contributed by atoms with Crippen LogP contribution in [-0.2, 0) is 6.42 Å². The number of nitrogens with two attached hydrogens (primary N) is 1. The summed E-state index contributed by atoms with van der Waals surface area (Å²) in [4.78, 5) is 0. The average molecular weight is 438 g/mol. The molecule has 0 bridgehead atoms. The van der Waals surface area contributed by atoms with Crippen LogP contribution in [0.3, 0.4) is 0 Å². The van der Waals surface area contributed by atoms with E-state index in [0.717, 1.165) is 29.6 Å². The van der Waals surface area contributed by atoms with E-state index in [4.69, 9.17) is 5.73 Å². The van der Waals surface area contributed by atoms with Crippen molar-refractivity contribution in [2.75, 3.05) is 0 Å². The first kappa shape index (κ1) is 24.3. The first-order valence-electron chi connectivity index (χ1n) is 14.6. The summed E-state index contributed by atoms with van der Waals surface area (Å²) in [5.74, 6) is 4.70. The lowest BCUT2D eigenvalue weighted by molar-refractivity contribution is 0.155. The van der Waals surface area contributed by atoms with Crippen LogP contribution in [0.2, 0.25) is 0 Å². The molecule has 2 N–H and O–H groups in total. The summed E-state index contributed by atoms with van der Waals surface area (Å²) < 4.78 is 0. The Bertz CT molecular complexity index is 670. The van der Waals surface area contributed by atoms with Gasteiger partial charge in [-0.1, -0.05) is 70.6 Å². The van der Waals surface area contributed by atoms with E-state index in [1.165, 1.54) is 109 Å². The molecule has 3 saturated carbocycles. The first-order chi connectivity index (χ1) is 15.7. The lowest BCUT2D eigenvalue weighted by Crippen LogP contribution is -2.26. The maximum Gasteiger partial charge on any atom is 0.00392 e. The summed E-state index contributed by atoms with van der Waals surface area (Å²) in [6.45, 7) is 4.68. The van der Waals surface area contributed by atoms with Gasteiger partial charge in [-0.25, -0.2) is 0 Å². The molecule has 1 nitrogen and oxygen atoms in total. The fourth-order valence-electron chi connectivity index (χ4n) is 7.57.